The summed E-state index contributed by atoms with van der Waals surface area (Å²) in [6, 6.07) is 15.2. The molecule has 1 unspecified atom stereocenters. The molecule has 9 nitrogen and oxygen atoms in total. The topological polar surface area (TPSA) is 126 Å². The number of fused-ring (bicyclic) bond motifs is 1. The lowest BCUT2D eigenvalue weighted by atomic mass is 10.0. The summed E-state index contributed by atoms with van der Waals surface area (Å²) in [4.78, 5) is 26.3. The molecule has 1 fully saturated rings. The van der Waals surface area contributed by atoms with E-state index in [0.717, 1.165) is 29.2 Å². The second-order valence-electron chi connectivity index (χ2n) is 8.59. The zero-order valence-corrected chi connectivity index (χ0v) is 19.3. The molecule has 3 heterocycles. The quantitative estimate of drug-likeness (QED) is 0.351. The average molecular weight is 471 g/mol. The van der Waals surface area contributed by atoms with E-state index < -0.39 is 6.09 Å². The van der Waals surface area contributed by atoms with Crippen molar-refractivity contribution in [3.63, 3.8) is 0 Å². The van der Waals surface area contributed by atoms with E-state index in [1.54, 1.807) is 18.5 Å². The lowest BCUT2D eigenvalue weighted by Crippen LogP contribution is -2.44. The number of hydrogen-bond donors (Lipinski definition) is 3. The van der Waals surface area contributed by atoms with E-state index in [1.165, 1.54) is 4.90 Å². The Balaban J connectivity index is 1.45. The third kappa shape index (κ3) is 4.65. The first-order valence-corrected chi connectivity index (χ1v) is 11.5. The Labute approximate surface area is 202 Å². The molecule has 1 aliphatic rings. The Morgan fingerprint density at radius 1 is 1.14 bits per heavy atom. The van der Waals surface area contributed by atoms with Gasteiger partial charge < -0.3 is 25.8 Å². The number of nitrogens with zero attached hydrogens (tertiary/aromatic N) is 4. The Kier molecular flexibility index (Phi) is 6.05. The van der Waals surface area contributed by atoms with Gasteiger partial charge in [-0.25, -0.2) is 19.7 Å². The molecule has 0 saturated carbocycles. The zero-order valence-electron chi connectivity index (χ0n) is 19.3. The highest BCUT2D eigenvalue weighted by molar-refractivity contribution is 5.98. The van der Waals surface area contributed by atoms with E-state index in [2.05, 4.69) is 20.3 Å². The van der Waals surface area contributed by atoms with Crippen LogP contribution >= 0.6 is 0 Å². The van der Waals surface area contributed by atoms with Gasteiger partial charge in [0, 0.05) is 48.0 Å². The first kappa shape index (κ1) is 22.4. The number of piperidine rings is 1. The average Bonchev–Trinajstić information content (AvgIpc) is 2.87. The molecule has 2 aromatic heterocycles. The summed E-state index contributed by atoms with van der Waals surface area (Å²) in [5.41, 5.74) is 9.19. The summed E-state index contributed by atoms with van der Waals surface area (Å²) < 4.78 is 6.37. The Morgan fingerprint density at radius 3 is 2.80 bits per heavy atom. The number of carbonyl (C=O) groups is 1. The lowest BCUT2D eigenvalue weighted by molar-refractivity contribution is 0.132. The summed E-state index contributed by atoms with van der Waals surface area (Å²) >= 11 is 0. The maximum absolute atomic E-state index is 11.3. The van der Waals surface area contributed by atoms with Crippen molar-refractivity contribution in [2.24, 2.45) is 0 Å². The molecule has 0 radical (unpaired) electrons. The molecule has 178 valence electrons. The predicted octanol–water partition coefficient (Wildman–Crippen LogP) is 4.93. The molecule has 1 atom stereocenters. The summed E-state index contributed by atoms with van der Waals surface area (Å²) in [6.45, 7) is 2.90. The predicted molar refractivity (Wildman–Crippen MR) is 135 cm³/mol. The van der Waals surface area contributed by atoms with Crippen LogP contribution in [0.15, 0.2) is 60.9 Å². The van der Waals surface area contributed by atoms with Crippen molar-refractivity contribution >= 4 is 28.5 Å². The number of carboxylic acid groups (broad SMARTS) is 1. The minimum Gasteiger partial charge on any atom is -0.465 e. The first-order chi connectivity index (χ1) is 17.0. The van der Waals surface area contributed by atoms with Gasteiger partial charge in [0.1, 0.15) is 5.75 Å². The van der Waals surface area contributed by atoms with Crippen molar-refractivity contribution in [2.75, 3.05) is 24.1 Å². The Bertz CT molecular complexity index is 1390. The maximum Gasteiger partial charge on any atom is 0.407 e. The van der Waals surface area contributed by atoms with Crippen LogP contribution in [0.1, 0.15) is 18.4 Å². The van der Waals surface area contributed by atoms with Gasteiger partial charge >= 0.3 is 6.09 Å². The van der Waals surface area contributed by atoms with Crippen molar-refractivity contribution in [3.8, 4) is 22.9 Å². The molecule has 35 heavy (non-hydrogen) atoms. The van der Waals surface area contributed by atoms with Crippen molar-refractivity contribution < 1.29 is 14.6 Å². The minimum atomic E-state index is -0.909. The number of nitrogens with one attached hydrogen (secondary N) is 1. The summed E-state index contributed by atoms with van der Waals surface area (Å²) in [5.74, 6) is 1.55. The summed E-state index contributed by atoms with van der Waals surface area (Å²) in [5, 5.41) is 14.4. The third-order valence-electron chi connectivity index (χ3n) is 6.14. The van der Waals surface area contributed by atoms with Gasteiger partial charge in [-0.15, -0.1) is 0 Å². The minimum absolute atomic E-state index is 0.0523. The van der Waals surface area contributed by atoms with Gasteiger partial charge in [-0.3, -0.25) is 0 Å². The van der Waals surface area contributed by atoms with Crippen LogP contribution in [-0.4, -0.2) is 50.2 Å². The van der Waals surface area contributed by atoms with E-state index >= 15 is 0 Å². The van der Waals surface area contributed by atoms with Gasteiger partial charge in [0.25, 0.3) is 0 Å². The SMILES string of the molecule is Cc1cc(N)c2ccccc2c1Oc1ncccc1-c1ccnc(NC2CCCN(C(=O)O)C2)n1. The highest BCUT2D eigenvalue weighted by Crippen LogP contribution is 2.38. The van der Waals surface area contributed by atoms with Gasteiger partial charge in [-0.05, 0) is 49.6 Å². The number of nitrogens with two attached hydrogens (primary N) is 1. The van der Waals surface area contributed by atoms with Gasteiger partial charge in [0.2, 0.25) is 11.8 Å². The molecule has 1 aliphatic heterocycles. The molecule has 9 heteroatoms. The molecule has 5 rings (SSSR count). The van der Waals surface area contributed by atoms with Crippen LogP contribution in [0, 0.1) is 6.92 Å². The monoisotopic (exact) mass is 470 g/mol. The molecule has 4 N–H and O–H groups in total. The zero-order chi connectivity index (χ0) is 24.4. The first-order valence-electron chi connectivity index (χ1n) is 11.5. The second-order valence-corrected chi connectivity index (χ2v) is 8.59. The number of aryl methyl sites for hydroxylation is 1. The Hall–Kier alpha value is -4.40. The normalized spacial score (nSPS) is 15.7. The highest BCUT2D eigenvalue weighted by Gasteiger charge is 2.24. The molecule has 1 saturated heterocycles. The number of ether oxygens (including phenoxy) is 1. The van der Waals surface area contributed by atoms with E-state index in [-0.39, 0.29) is 6.04 Å². The van der Waals surface area contributed by atoms with Crippen LogP contribution in [0.3, 0.4) is 0 Å². The van der Waals surface area contributed by atoms with E-state index in [0.29, 0.717) is 47.6 Å². The fraction of sp³-hybridized carbons (Fsp3) is 0.231. The Morgan fingerprint density at radius 2 is 1.97 bits per heavy atom. The van der Waals surface area contributed by atoms with Gasteiger partial charge in [0.05, 0.1) is 11.3 Å². The van der Waals surface area contributed by atoms with E-state index in [1.807, 2.05) is 49.4 Å². The molecule has 2 aromatic carbocycles. The number of nitrogen functional groups attached to an aromatic ring is 1. The number of benzene rings is 2. The van der Waals surface area contributed by atoms with E-state index in [4.69, 9.17) is 10.5 Å². The number of amides is 1. The number of anilines is 2. The van der Waals surface area contributed by atoms with Gasteiger partial charge in [-0.2, -0.15) is 0 Å². The highest BCUT2D eigenvalue weighted by atomic mass is 16.5. The summed E-state index contributed by atoms with van der Waals surface area (Å²) in [6.07, 6.45) is 4.08. The number of hydrogen-bond acceptors (Lipinski definition) is 7. The van der Waals surface area contributed by atoms with Gasteiger partial charge in [0.15, 0.2) is 0 Å². The fourth-order valence-corrected chi connectivity index (χ4v) is 4.45. The van der Waals surface area contributed by atoms with Crippen LogP contribution in [-0.2, 0) is 0 Å². The molecule has 4 aromatic rings. The molecule has 0 spiro atoms. The number of pyridine rings is 1. The summed E-state index contributed by atoms with van der Waals surface area (Å²) in [7, 11) is 0. The molecular weight excluding hydrogens is 444 g/mol. The van der Waals surface area contributed by atoms with Crippen LogP contribution in [0.4, 0.5) is 16.4 Å². The van der Waals surface area contributed by atoms with Crippen molar-refractivity contribution in [1.82, 2.24) is 19.9 Å². The van der Waals surface area contributed by atoms with Crippen LogP contribution in [0.25, 0.3) is 22.0 Å². The largest absolute Gasteiger partial charge is 0.465 e. The van der Waals surface area contributed by atoms with Gasteiger partial charge in [-0.1, -0.05) is 24.3 Å². The number of aromatic nitrogens is 3. The number of rotatable bonds is 5. The van der Waals surface area contributed by atoms with Crippen LogP contribution < -0.4 is 15.8 Å². The third-order valence-corrected chi connectivity index (χ3v) is 6.14. The molecule has 0 aliphatic carbocycles. The molecular formula is C26H26N6O3. The van der Waals surface area contributed by atoms with E-state index in [9.17, 15) is 9.90 Å². The lowest BCUT2D eigenvalue weighted by Gasteiger charge is -2.31. The van der Waals surface area contributed by atoms with Crippen LogP contribution in [0.2, 0.25) is 0 Å². The maximum atomic E-state index is 11.3. The van der Waals surface area contributed by atoms with Crippen molar-refractivity contribution in [2.45, 2.75) is 25.8 Å². The van der Waals surface area contributed by atoms with Crippen molar-refractivity contribution in [1.29, 1.82) is 0 Å². The fourth-order valence-electron chi connectivity index (χ4n) is 4.45. The standard InChI is InChI=1S/C26H26N6O3/c1-16-14-21(27)18-7-2-3-8-19(18)23(16)35-24-20(9-4-11-28-24)22-10-12-29-25(31-22)30-17-6-5-13-32(15-17)26(33)34/h2-4,7-12,14,17H,5-6,13,15,27H2,1H3,(H,33,34)(H,29,30,31). The van der Waals surface area contributed by atoms with Crippen LogP contribution in [0.5, 0.6) is 11.6 Å². The smallest absolute Gasteiger partial charge is 0.407 e. The number of likely N-dealkylation sites (tertiary alicyclic amines) is 1. The van der Waals surface area contributed by atoms with Crippen molar-refractivity contribution in [3.05, 3.63) is 66.5 Å². The second kappa shape index (κ2) is 9.46. The molecule has 0 bridgehead atoms. The molecule has 1 amide bonds.